The Balaban J connectivity index is 1.69. The molecule has 1 amide bonds. The smallest absolute Gasteiger partial charge is 0.211 e. The number of methoxy groups -OCH3 is 1. The minimum atomic E-state index is 0.654. The van der Waals surface area contributed by atoms with Crippen LogP contribution in [0.3, 0.4) is 0 Å². The molecule has 6 rings (SSSR count). The number of carbonyl (C=O) groups excluding carboxylic acids is 1. The van der Waals surface area contributed by atoms with Gasteiger partial charge in [0.1, 0.15) is 23.0 Å². The highest BCUT2D eigenvalue weighted by Crippen LogP contribution is 2.42. The molecule has 0 unspecified atom stereocenters. The van der Waals surface area contributed by atoms with Crippen LogP contribution in [0.4, 0.5) is 5.69 Å². The second-order valence-electron chi connectivity index (χ2n) is 8.73. The first kappa shape index (κ1) is 21.8. The fraction of sp³-hybridized carbons (Fsp3) is 0.143. The van der Waals surface area contributed by atoms with Gasteiger partial charge < -0.3 is 19.6 Å². The molecule has 0 saturated heterocycles. The van der Waals surface area contributed by atoms with E-state index in [4.69, 9.17) is 19.2 Å². The second-order valence-corrected chi connectivity index (χ2v) is 8.73. The maximum absolute atomic E-state index is 11.2. The molecule has 3 aromatic carbocycles. The van der Waals surface area contributed by atoms with E-state index in [1.807, 2.05) is 63.2 Å². The Hall–Kier alpha value is -4.72. The molecular formula is C28H23N5O3. The van der Waals surface area contributed by atoms with Crippen molar-refractivity contribution in [3.63, 3.8) is 0 Å². The third kappa shape index (κ3) is 3.22. The quantitative estimate of drug-likeness (QED) is 0.291. The van der Waals surface area contributed by atoms with E-state index in [-0.39, 0.29) is 0 Å². The number of H-pyrrole nitrogens is 1. The molecule has 2 N–H and O–H groups in total. The van der Waals surface area contributed by atoms with Crippen molar-refractivity contribution in [3.8, 4) is 28.1 Å². The summed E-state index contributed by atoms with van der Waals surface area (Å²) in [6.45, 7) is 5.70. The fourth-order valence-corrected chi connectivity index (χ4v) is 5.06. The number of fused-ring (bicyclic) bond motifs is 4. The number of nitrogens with zero attached hydrogens (tertiary/aromatic N) is 3. The monoisotopic (exact) mass is 477 g/mol. The van der Waals surface area contributed by atoms with Crippen LogP contribution < -0.4 is 10.1 Å². The Labute approximate surface area is 206 Å². The standard InChI is InChI=1S/C28H23N5O3/c1-14-25(15(2)36-33-14)21-11-23-20(12-24(21)35-4)26-27(30-16(3)31-28(26)32-23)19-9-10-22(29-13-34)18-8-6-5-7-17(18)19/h5-13H,1-4H3,(H,29,34)(H,30,31,32). The molecule has 0 fully saturated rings. The number of aromatic amines is 1. The van der Waals surface area contributed by atoms with Crippen molar-refractivity contribution < 1.29 is 14.1 Å². The van der Waals surface area contributed by atoms with E-state index < -0.39 is 0 Å². The molecule has 0 aliphatic carbocycles. The van der Waals surface area contributed by atoms with Crippen LogP contribution in [0.5, 0.6) is 5.75 Å². The molecule has 8 nitrogen and oxygen atoms in total. The fourth-order valence-electron chi connectivity index (χ4n) is 5.06. The number of rotatable bonds is 5. The average Bonchev–Trinajstić information content (AvgIpc) is 3.40. The lowest BCUT2D eigenvalue weighted by Crippen LogP contribution is -1.97. The Morgan fingerprint density at radius 3 is 2.50 bits per heavy atom. The van der Waals surface area contributed by atoms with E-state index in [2.05, 4.69) is 21.5 Å². The van der Waals surface area contributed by atoms with Gasteiger partial charge in [0, 0.05) is 33.1 Å². The lowest BCUT2D eigenvalue weighted by molar-refractivity contribution is -0.105. The summed E-state index contributed by atoms with van der Waals surface area (Å²) in [4.78, 5) is 24.2. The molecule has 0 atom stereocenters. The van der Waals surface area contributed by atoms with Crippen LogP contribution in [-0.4, -0.2) is 33.6 Å². The number of amides is 1. The van der Waals surface area contributed by atoms with Crippen LogP contribution in [0.15, 0.2) is 53.1 Å². The molecule has 0 radical (unpaired) electrons. The topological polar surface area (TPSA) is 106 Å². The van der Waals surface area contributed by atoms with E-state index in [0.717, 1.165) is 72.2 Å². The van der Waals surface area contributed by atoms with Gasteiger partial charge in [-0.3, -0.25) is 4.79 Å². The van der Waals surface area contributed by atoms with Crippen molar-refractivity contribution in [2.24, 2.45) is 0 Å². The van der Waals surface area contributed by atoms with E-state index in [9.17, 15) is 4.79 Å². The summed E-state index contributed by atoms with van der Waals surface area (Å²) in [5.41, 5.74) is 6.77. The van der Waals surface area contributed by atoms with Gasteiger partial charge in [0.25, 0.3) is 0 Å². The van der Waals surface area contributed by atoms with Crippen LogP contribution in [0.25, 0.3) is 55.1 Å². The zero-order valence-electron chi connectivity index (χ0n) is 20.3. The molecule has 3 heterocycles. The van der Waals surface area contributed by atoms with Gasteiger partial charge in [-0.15, -0.1) is 0 Å². The van der Waals surface area contributed by atoms with E-state index >= 15 is 0 Å². The molecule has 178 valence electrons. The van der Waals surface area contributed by atoms with E-state index in [1.165, 1.54) is 0 Å². The van der Waals surface area contributed by atoms with E-state index in [1.54, 1.807) is 7.11 Å². The first-order valence-corrected chi connectivity index (χ1v) is 11.5. The number of benzene rings is 3. The Morgan fingerprint density at radius 2 is 1.78 bits per heavy atom. The van der Waals surface area contributed by atoms with Crippen LogP contribution in [-0.2, 0) is 4.79 Å². The highest BCUT2D eigenvalue weighted by molar-refractivity contribution is 6.16. The SMILES string of the molecule is COc1cc2c(cc1-c1c(C)noc1C)[nH]c1nc(C)nc(-c3ccc(NC=O)c4ccccc34)c12. The minimum absolute atomic E-state index is 0.654. The number of carbonyl (C=O) groups is 1. The molecule has 0 bridgehead atoms. The summed E-state index contributed by atoms with van der Waals surface area (Å²) in [7, 11) is 1.66. The number of hydrogen-bond donors (Lipinski definition) is 2. The molecular weight excluding hydrogens is 454 g/mol. The van der Waals surface area contributed by atoms with Crippen LogP contribution >= 0.6 is 0 Å². The van der Waals surface area contributed by atoms with Gasteiger partial charge in [-0.1, -0.05) is 35.5 Å². The summed E-state index contributed by atoms with van der Waals surface area (Å²) in [6.07, 6.45) is 0.691. The van der Waals surface area contributed by atoms with Gasteiger partial charge in [0.2, 0.25) is 6.41 Å². The van der Waals surface area contributed by atoms with Crippen LogP contribution in [0.1, 0.15) is 17.3 Å². The highest BCUT2D eigenvalue weighted by Gasteiger charge is 2.21. The van der Waals surface area contributed by atoms with Crippen molar-refractivity contribution >= 4 is 44.8 Å². The second kappa shape index (κ2) is 8.20. The molecule has 8 heteroatoms. The maximum atomic E-state index is 11.2. The molecule has 3 aromatic heterocycles. The molecule has 36 heavy (non-hydrogen) atoms. The van der Waals surface area contributed by atoms with Gasteiger partial charge in [-0.2, -0.15) is 0 Å². The summed E-state index contributed by atoms with van der Waals surface area (Å²) in [6, 6.07) is 15.9. The van der Waals surface area contributed by atoms with Gasteiger partial charge in [-0.05, 0) is 44.4 Å². The summed E-state index contributed by atoms with van der Waals surface area (Å²) < 4.78 is 11.2. The van der Waals surface area contributed by atoms with Crippen molar-refractivity contribution in [2.75, 3.05) is 12.4 Å². The van der Waals surface area contributed by atoms with Gasteiger partial charge in [-0.25, -0.2) is 9.97 Å². The number of ether oxygens (including phenoxy) is 1. The average molecular weight is 478 g/mol. The molecule has 0 saturated carbocycles. The van der Waals surface area contributed by atoms with Crippen molar-refractivity contribution in [3.05, 3.63) is 65.8 Å². The highest BCUT2D eigenvalue weighted by atomic mass is 16.5. The summed E-state index contributed by atoms with van der Waals surface area (Å²) in [5, 5.41) is 10.7. The van der Waals surface area contributed by atoms with E-state index in [0.29, 0.717) is 18.0 Å². The summed E-state index contributed by atoms with van der Waals surface area (Å²) >= 11 is 0. The molecule has 6 aromatic rings. The van der Waals surface area contributed by atoms with Crippen molar-refractivity contribution in [1.29, 1.82) is 0 Å². The largest absolute Gasteiger partial charge is 0.496 e. The van der Waals surface area contributed by atoms with Crippen molar-refractivity contribution in [1.82, 2.24) is 20.1 Å². The first-order chi connectivity index (χ1) is 17.5. The molecule has 0 aliphatic rings. The third-order valence-electron chi connectivity index (χ3n) is 6.58. The predicted molar refractivity (Wildman–Crippen MR) is 140 cm³/mol. The van der Waals surface area contributed by atoms with Gasteiger partial charge in [0.15, 0.2) is 0 Å². The van der Waals surface area contributed by atoms with Crippen molar-refractivity contribution in [2.45, 2.75) is 20.8 Å². The van der Waals surface area contributed by atoms with Gasteiger partial charge in [0.05, 0.1) is 29.4 Å². The van der Waals surface area contributed by atoms with Gasteiger partial charge >= 0.3 is 0 Å². The third-order valence-corrected chi connectivity index (χ3v) is 6.58. The first-order valence-electron chi connectivity index (χ1n) is 11.5. The number of hydrogen-bond acceptors (Lipinski definition) is 6. The Bertz CT molecular complexity index is 1800. The Morgan fingerprint density at radius 1 is 0.972 bits per heavy atom. The minimum Gasteiger partial charge on any atom is -0.496 e. The number of nitrogens with one attached hydrogen (secondary N) is 2. The normalized spacial score (nSPS) is 11.4. The molecule has 0 spiro atoms. The maximum Gasteiger partial charge on any atom is 0.211 e. The summed E-state index contributed by atoms with van der Waals surface area (Å²) in [5.74, 6) is 2.09. The van der Waals surface area contributed by atoms with Crippen LogP contribution in [0, 0.1) is 20.8 Å². The lowest BCUT2D eigenvalue weighted by Gasteiger charge is -2.12. The number of aromatic nitrogens is 4. The number of aryl methyl sites for hydroxylation is 3. The zero-order chi connectivity index (χ0) is 25.0. The Kier molecular flexibility index (Phi) is 4.96. The lowest BCUT2D eigenvalue weighted by atomic mass is 9.97. The van der Waals surface area contributed by atoms with Crippen LogP contribution in [0.2, 0.25) is 0 Å². The molecule has 0 aliphatic heterocycles. The zero-order valence-corrected chi connectivity index (χ0v) is 20.3. The predicted octanol–water partition coefficient (Wildman–Crippen LogP) is 6.09. The number of anilines is 1.